The Balaban J connectivity index is 0.00000149. The molecule has 0 aliphatic heterocycles. The minimum Gasteiger partial charge on any atom is -0.465 e. The van der Waals surface area contributed by atoms with Crippen LogP contribution >= 0.6 is 0 Å². The lowest BCUT2D eigenvalue weighted by molar-refractivity contribution is -0.141. The number of nitrogens with one attached hydrogen (secondary N) is 1. The van der Waals surface area contributed by atoms with Crippen LogP contribution < -0.4 is 5.69 Å². The second-order valence-electron chi connectivity index (χ2n) is 6.83. The van der Waals surface area contributed by atoms with Crippen LogP contribution in [0.4, 0.5) is 13.2 Å². The topological polar surface area (TPSA) is 94.8 Å². The Hall–Kier alpha value is -3.89. The van der Waals surface area contributed by atoms with E-state index in [1.165, 1.54) is 15.3 Å². The molecular formula is C22H22F3N5O3. The number of aryl methyl sites for hydroxylation is 2. The smallest absolute Gasteiger partial charge is 0.433 e. The third-order valence-corrected chi connectivity index (χ3v) is 4.82. The lowest BCUT2D eigenvalue weighted by Crippen LogP contribution is -2.21. The van der Waals surface area contributed by atoms with E-state index in [9.17, 15) is 22.8 Å². The molecule has 0 radical (unpaired) electrons. The van der Waals surface area contributed by atoms with Gasteiger partial charge >= 0.3 is 17.8 Å². The number of carbonyl (C=O) groups excluding carboxylic acids is 1. The number of hydrogen-bond donors (Lipinski definition) is 1. The molecule has 11 heteroatoms. The Kier molecular flexibility index (Phi) is 6.43. The van der Waals surface area contributed by atoms with E-state index in [4.69, 9.17) is 0 Å². The van der Waals surface area contributed by atoms with E-state index < -0.39 is 17.8 Å². The average Bonchev–Trinajstić information content (AvgIpc) is 3.33. The van der Waals surface area contributed by atoms with E-state index in [-0.39, 0.29) is 22.3 Å². The highest BCUT2D eigenvalue weighted by Gasteiger charge is 2.34. The number of nitrogens with zero attached hydrogens (tertiary/aromatic N) is 4. The predicted molar refractivity (Wildman–Crippen MR) is 116 cm³/mol. The van der Waals surface area contributed by atoms with E-state index in [1.54, 1.807) is 38.2 Å². The molecule has 0 spiro atoms. The van der Waals surface area contributed by atoms with E-state index in [1.807, 2.05) is 13.8 Å². The summed E-state index contributed by atoms with van der Waals surface area (Å²) in [4.78, 5) is 30.7. The first-order valence-corrected chi connectivity index (χ1v) is 10.0. The molecule has 1 N–H and O–H groups in total. The van der Waals surface area contributed by atoms with Crippen LogP contribution in [0.2, 0.25) is 0 Å². The Bertz CT molecular complexity index is 1370. The molecule has 0 aliphatic rings. The molecule has 4 aromatic rings. The highest BCUT2D eigenvalue weighted by molar-refractivity contribution is 6.04. The van der Waals surface area contributed by atoms with Crippen molar-refractivity contribution in [2.45, 2.75) is 26.9 Å². The van der Waals surface area contributed by atoms with Gasteiger partial charge in [0, 0.05) is 18.1 Å². The van der Waals surface area contributed by atoms with Crippen LogP contribution in [-0.4, -0.2) is 37.4 Å². The maximum absolute atomic E-state index is 13.2. The van der Waals surface area contributed by atoms with Gasteiger partial charge in [0.25, 0.3) is 0 Å². The third-order valence-electron chi connectivity index (χ3n) is 4.82. The van der Waals surface area contributed by atoms with E-state index in [0.29, 0.717) is 28.8 Å². The Morgan fingerprint density at radius 2 is 1.76 bits per heavy atom. The summed E-state index contributed by atoms with van der Waals surface area (Å²) in [5.41, 5.74) is -0.166. The summed E-state index contributed by atoms with van der Waals surface area (Å²) in [7, 11) is 2.64. The van der Waals surface area contributed by atoms with Gasteiger partial charge in [0.05, 0.1) is 18.4 Å². The van der Waals surface area contributed by atoms with Gasteiger partial charge in [-0.2, -0.15) is 18.3 Å². The van der Waals surface area contributed by atoms with Crippen molar-refractivity contribution in [3.05, 3.63) is 64.0 Å². The Morgan fingerprint density at radius 1 is 1.12 bits per heavy atom. The van der Waals surface area contributed by atoms with Crippen LogP contribution in [0.15, 0.2) is 41.2 Å². The standard InChI is InChI=1S/C20H16F3N5O3.C2H6/c1-10-26-27(2)19(30)28(10)12-6-4-11(5-7-12)15-8-13-14(18(29)31-3)9-16(20(21,22)23)25-17(13)24-15;1-2/h4-9H,1-3H3,(H,24,25);1-2H3. The van der Waals surface area contributed by atoms with Gasteiger partial charge in [0.2, 0.25) is 0 Å². The fourth-order valence-corrected chi connectivity index (χ4v) is 3.36. The molecule has 174 valence electrons. The van der Waals surface area contributed by atoms with Crippen molar-refractivity contribution in [2.24, 2.45) is 7.05 Å². The van der Waals surface area contributed by atoms with Crippen molar-refractivity contribution in [2.75, 3.05) is 7.11 Å². The van der Waals surface area contributed by atoms with Gasteiger partial charge in [-0.1, -0.05) is 26.0 Å². The molecule has 4 rings (SSSR count). The monoisotopic (exact) mass is 461 g/mol. The number of benzene rings is 1. The van der Waals surface area contributed by atoms with E-state index in [2.05, 4.69) is 19.8 Å². The number of pyridine rings is 1. The summed E-state index contributed by atoms with van der Waals surface area (Å²) < 4.78 is 46.9. The number of aromatic nitrogens is 5. The van der Waals surface area contributed by atoms with Gasteiger partial charge in [-0.15, -0.1) is 0 Å². The summed E-state index contributed by atoms with van der Waals surface area (Å²) >= 11 is 0. The van der Waals surface area contributed by atoms with Crippen molar-refractivity contribution in [1.82, 2.24) is 24.3 Å². The second-order valence-corrected chi connectivity index (χ2v) is 6.83. The molecular weight excluding hydrogens is 439 g/mol. The molecule has 0 saturated carbocycles. The number of esters is 1. The largest absolute Gasteiger partial charge is 0.465 e. The zero-order valence-electron chi connectivity index (χ0n) is 18.6. The SMILES string of the molecule is CC.COC(=O)c1cc(C(F)(F)F)nc2[nH]c(-c3ccc(-n4c(C)nn(C)c4=O)cc3)cc12. The zero-order chi connectivity index (χ0) is 24.5. The fourth-order valence-electron chi connectivity index (χ4n) is 3.36. The number of rotatable bonds is 3. The van der Waals surface area contributed by atoms with E-state index >= 15 is 0 Å². The highest BCUT2D eigenvalue weighted by Crippen LogP contribution is 2.33. The molecule has 0 unspecified atom stereocenters. The van der Waals surface area contributed by atoms with Crippen molar-refractivity contribution < 1.29 is 22.7 Å². The lowest BCUT2D eigenvalue weighted by atomic mass is 10.1. The van der Waals surface area contributed by atoms with Crippen molar-refractivity contribution in [3.8, 4) is 16.9 Å². The molecule has 0 amide bonds. The molecule has 1 aromatic carbocycles. The third kappa shape index (κ3) is 4.38. The number of carbonyl (C=O) groups is 1. The quantitative estimate of drug-likeness (QED) is 0.460. The van der Waals surface area contributed by atoms with Gasteiger partial charge in [0.1, 0.15) is 17.2 Å². The molecule has 0 atom stereocenters. The van der Waals surface area contributed by atoms with Gasteiger partial charge in [-0.05, 0) is 36.8 Å². The fraction of sp³-hybridized carbons (Fsp3) is 0.273. The maximum atomic E-state index is 13.2. The predicted octanol–water partition coefficient (Wildman–Crippen LogP) is 4.25. The van der Waals surface area contributed by atoms with Crippen LogP contribution in [0.1, 0.15) is 35.7 Å². The minimum absolute atomic E-state index is 0.0892. The average molecular weight is 461 g/mol. The zero-order valence-corrected chi connectivity index (χ0v) is 18.6. The molecule has 3 aromatic heterocycles. The number of fused-ring (bicyclic) bond motifs is 1. The first-order chi connectivity index (χ1) is 15.6. The van der Waals surface area contributed by atoms with Gasteiger partial charge in [0.15, 0.2) is 0 Å². The summed E-state index contributed by atoms with van der Waals surface area (Å²) in [6, 6.07) is 8.97. The number of halogens is 3. The summed E-state index contributed by atoms with van der Waals surface area (Å²) in [5.74, 6) is -0.386. The van der Waals surface area contributed by atoms with Gasteiger partial charge in [-0.25, -0.2) is 23.8 Å². The number of hydrogen-bond acceptors (Lipinski definition) is 5. The van der Waals surface area contributed by atoms with Crippen LogP contribution in [0.5, 0.6) is 0 Å². The van der Waals surface area contributed by atoms with Crippen LogP contribution in [0.3, 0.4) is 0 Å². The lowest BCUT2D eigenvalue weighted by Gasteiger charge is -2.08. The molecule has 33 heavy (non-hydrogen) atoms. The summed E-state index contributed by atoms with van der Waals surface area (Å²) in [6.45, 7) is 5.70. The number of aromatic amines is 1. The first kappa shape index (κ1) is 23.8. The first-order valence-electron chi connectivity index (χ1n) is 10.0. The Labute approximate surface area is 186 Å². The Morgan fingerprint density at radius 3 is 2.27 bits per heavy atom. The molecule has 0 aliphatic carbocycles. The minimum atomic E-state index is -4.72. The molecule has 8 nitrogen and oxygen atoms in total. The van der Waals surface area contributed by atoms with Gasteiger partial charge in [-0.3, -0.25) is 0 Å². The molecule has 0 saturated heterocycles. The number of alkyl halides is 3. The van der Waals surface area contributed by atoms with Crippen LogP contribution in [-0.2, 0) is 18.0 Å². The van der Waals surface area contributed by atoms with Crippen molar-refractivity contribution in [1.29, 1.82) is 0 Å². The number of H-pyrrole nitrogens is 1. The van der Waals surface area contributed by atoms with Crippen molar-refractivity contribution in [3.63, 3.8) is 0 Å². The molecule has 3 heterocycles. The molecule has 0 bridgehead atoms. The summed E-state index contributed by atoms with van der Waals surface area (Å²) in [5, 5.41) is 4.28. The number of ether oxygens (including phenoxy) is 1. The van der Waals surface area contributed by atoms with Gasteiger partial charge < -0.3 is 9.72 Å². The number of methoxy groups -OCH3 is 1. The second kappa shape index (κ2) is 8.93. The summed E-state index contributed by atoms with van der Waals surface area (Å²) in [6.07, 6.45) is -4.72. The van der Waals surface area contributed by atoms with Crippen molar-refractivity contribution >= 4 is 17.0 Å². The van der Waals surface area contributed by atoms with E-state index in [0.717, 1.165) is 7.11 Å². The maximum Gasteiger partial charge on any atom is 0.433 e. The van der Waals surface area contributed by atoms with Crippen LogP contribution in [0, 0.1) is 6.92 Å². The van der Waals surface area contributed by atoms with Crippen LogP contribution in [0.25, 0.3) is 28.0 Å². The molecule has 0 fully saturated rings. The normalized spacial score (nSPS) is 11.3. The highest BCUT2D eigenvalue weighted by atomic mass is 19.4.